The van der Waals surface area contributed by atoms with E-state index in [2.05, 4.69) is 34.0 Å². The highest BCUT2D eigenvalue weighted by molar-refractivity contribution is 7.21. The summed E-state index contributed by atoms with van der Waals surface area (Å²) in [6.45, 7) is 7.69. The third-order valence-corrected chi connectivity index (χ3v) is 6.90. The average molecular weight is 441 g/mol. The van der Waals surface area contributed by atoms with Crippen LogP contribution in [0.4, 0.5) is 17.3 Å². The maximum atomic E-state index is 13.0. The number of aromatic nitrogens is 2. The number of fused-ring (bicyclic) bond motifs is 3. The summed E-state index contributed by atoms with van der Waals surface area (Å²) in [5.74, 6) is 1.29. The summed E-state index contributed by atoms with van der Waals surface area (Å²) in [5.41, 5.74) is 9.06. The van der Waals surface area contributed by atoms with Gasteiger partial charge in [-0.05, 0) is 31.5 Å². The summed E-state index contributed by atoms with van der Waals surface area (Å²) in [6, 6.07) is 5.39. The maximum absolute atomic E-state index is 13.0. The van der Waals surface area contributed by atoms with Gasteiger partial charge in [0.25, 0.3) is 11.7 Å². The van der Waals surface area contributed by atoms with Gasteiger partial charge in [-0.2, -0.15) is 0 Å². The zero-order valence-corrected chi connectivity index (χ0v) is 18.5. The fourth-order valence-electron chi connectivity index (χ4n) is 4.24. The molecule has 5 rings (SSSR count). The SMILES string of the molecule is CC1(C)Cc2c(c(N3CCOCC3)[nH+]c3sc(C(=O)Nc4ccccn4)c(N)c23)CO1. The zero-order chi connectivity index (χ0) is 21.6. The molecule has 162 valence electrons. The molecule has 31 heavy (non-hydrogen) atoms. The van der Waals surface area contributed by atoms with Gasteiger partial charge in [-0.1, -0.05) is 17.4 Å². The Morgan fingerprint density at radius 1 is 1.29 bits per heavy atom. The Kier molecular flexibility index (Phi) is 5.04. The Balaban J connectivity index is 1.62. The number of hydrogen-bond acceptors (Lipinski definition) is 7. The number of carbonyl (C=O) groups is 1. The fraction of sp³-hybridized carbons (Fsp3) is 0.409. The molecule has 0 spiro atoms. The van der Waals surface area contributed by atoms with Gasteiger partial charge in [0.05, 0.1) is 42.1 Å². The molecule has 9 heteroatoms. The first-order valence-electron chi connectivity index (χ1n) is 10.4. The number of thiophene rings is 1. The normalized spacial score (nSPS) is 18.1. The molecule has 0 aromatic carbocycles. The predicted octanol–water partition coefficient (Wildman–Crippen LogP) is 2.63. The molecule has 3 aromatic heterocycles. The molecular formula is C22H26N5O3S+. The molecule has 0 saturated carbocycles. The molecule has 1 saturated heterocycles. The molecular weight excluding hydrogens is 414 g/mol. The number of amides is 1. The Labute approximate surface area is 184 Å². The molecule has 0 bridgehead atoms. The van der Waals surface area contributed by atoms with Gasteiger partial charge < -0.3 is 20.5 Å². The van der Waals surface area contributed by atoms with Crippen LogP contribution in [0, 0.1) is 0 Å². The lowest BCUT2D eigenvalue weighted by Crippen LogP contribution is -2.42. The van der Waals surface area contributed by atoms with Crippen molar-refractivity contribution in [2.45, 2.75) is 32.5 Å². The number of H-pyrrole nitrogens is 1. The lowest BCUT2D eigenvalue weighted by atomic mass is 9.89. The van der Waals surface area contributed by atoms with Gasteiger partial charge in [0.2, 0.25) is 0 Å². The number of carbonyl (C=O) groups excluding carboxylic acids is 1. The summed E-state index contributed by atoms with van der Waals surface area (Å²) in [5, 5.41) is 3.78. The maximum Gasteiger partial charge on any atom is 0.281 e. The highest BCUT2D eigenvalue weighted by Gasteiger charge is 2.36. The summed E-state index contributed by atoms with van der Waals surface area (Å²) >= 11 is 1.38. The summed E-state index contributed by atoms with van der Waals surface area (Å²) in [6.07, 6.45) is 2.37. The van der Waals surface area contributed by atoms with Crippen molar-refractivity contribution >= 4 is 44.8 Å². The first-order chi connectivity index (χ1) is 14.9. The number of nitrogens with one attached hydrogen (secondary N) is 2. The van der Waals surface area contributed by atoms with E-state index in [-0.39, 0.29) is 11.5 Å². The minimum absolute atomic E-state index is 0.251. The minimum atomic E-state index is -0.297. The monoisotopic (exact) mass is 440 g/mol. The van der Waals surface area contributed by atoms with Crippen LogP contribution in [0.5, 0.6) is 0 Å². The van der Waals surface area contributed by atoms with Crippen LogP contribution in [-0.4, -0.2) is 42.8 Å². The van der Waals surface area contributed by atoms with Gasteiger partial charge in [0.1, 0.15) is 23.8 Å². The summed E-state index contributed by atoms with van der Waals surface area (Å²) in [7, 11) is 0. The lowest BCUT2D eigenvalue weighted by Gasteiger charge is -2.33. The summed E-state index contributed by atoms with van der Waals surface area (Å²) < 4.78 is 11.7. The minimum Gasteiger partial charge on any atom is -0.397 e. The Morgan fingerprint density at radius 3 is 2.84 bits per heavy atom. The molecule has 0 aliphatic carbocycles. The van der Waals surface area contributed by atoms with Crippen molar-refractivity contribution in [1.29, 1.82) is 0 Å². The van der Waals surface area contributed by atoms with Gasteiger partial charge >= 0.3 is 0 Å². The number of nitrogens with two attached hydrogens (primary N) is 1. The number of nitrogens with zero attached hydrogens (tertiary/aromatic N) is 2. The third-order valence-electron chi connectivity index (χ3n) is 5.78. The van der Waals surface area contributed by atoms with Crippen LogP contribution in [0.25, 0.3) is 10.2 Å². The van der Waals surface area contributed by atoms with Crippen molar-refractivity contribution in [3.05, 3.63) is 40.4 Å². The van der Waals surface area contributed by atoms with Crippen molar-refractivity contribution in [3.63, 3.8) is 0 Å². The largest absolute Gasteiger partial charge is 0.397 e. The quantitative estimate of drug-likeness (QED) is 0.649. The number of nitrogen functional groups attached to an aromatic ring is 1. The Morgan fingerprint density at radius 2 is 2.10 bits per heavy atom. The van der Waals surface area contributed by atoms with Gasteiger partial charge in [-0.15, -0.1) is 0 Å². The van der Waals surface area contributed by atoms with Gasteiger partial charge in [0, 0.05) is 12.6 Å². The molecule has 0 radical (unpaired) electrons. The molecule has 0 atom stereocenters. The van der Waals surface area contributed by atoms with Gasteiger partial charge in [0.15, 0.2) is 4.83 Å². The molecule has 2 aliphatic heterocycles. The highest BCUT2D eigenvalue weighted by Crippen LogP contribution is 2.42. The average Bonchev–Trinajstić information content (AvgIpc) is 3.10. The number of rotatable bonds is 3. The number of hydrogen-bond donors (Lipinski definition) is 2. The van der Waals surface area contributed by atoms with Crippen molar-refractivity contribution in [1.82, 2.24) is 4.98 Å². The van der Waals surface area contributed by atoms with Crippen LogP contribution in [0.1, 0.15) is 34.6 Å². The van der Waals surface area contributed by atoms with Crippen molar-refractivity contribution in [2.24, 2.45) is 0 Å². The van der Waals surface area contributed by atoms with Crippen LogP contribution >= 0.6 is 11.3 Å². The van der Waals surface area contributed by atoms with E-state index >= 15 is 0 Å². The second-order valence-electron chi connectivity index (χ2n) is 8.47. The Bertz CT molecular complexity index is 1140. The van der Waals surface area contributed by atoms with Crippen LogP contribution in [0.2, 0.25) is 0 Å². The third kappa shape index (κ3) is 3.73. The Hall–Kier alpha value is -2.75. The van der Waals surface area contributed by atoms with E-state index in [1.165, 1.54) is 11.3 Å². The van der Waals surface area contributed by atoms with Gasteiger partial charge in [-0.25, -0.2) is 9.97 Å². The molecule has 2 aliphatic rings. The van der Waals surface area contributed by atoms with E-state index in [9.17, 15) is 4.79 Å². The lowest BCUT2D eigenvalue weighted by molar-refractivity contribution is -0.329. The van der Waals surface area contributed by atoms with Gasteiger partial charge in [-0.3, -0.25) is 9.69 Å². The van der Waals surface area contributed by atoms with E-state index < -0.39 is 0 Å². The highest BCUT2D eigenvalue weighted by atomic mass is 32.1. The smallest absolute Gasteiger partial charge is 0.281 e. The number of pyridine rings is 2. The second-order valence-corrected chi connectivity index (χ2v) is 9.49. The van der Waals surface area contributed by atoms with E-state index in [1.54, 1.807) is 12.3 Å². The number of morpholine rings is 1. The first kappa shape index (κ1) is 20.2. The van der Waals surface area contributed by atoms with Crippen LogP contribution in [-0.2, 0) is 22.5 Å². The molecule has 8 nitrogen and oxygen atoms in total. The standard InChI is InChI=1S/C22H25N5O3S/c1-22(2)11-13-14(12-30-22)19(27-7-9-29-10-8-27)26-21-16(13)17(23)18(31-21)20(28)25-15-5-3-4-6-24-15/h3-6H,7-12,23H2,1-2H3,(H,24,25,28)/p+1. The van der Waals surface area contributed by atoms with E-state index in [4.69, 9.17) is 15.2 Å². The molecule has 5 heterocycles. The molecule has 0 unspecified atom stereocenters. The second kappa shape index (κ2) is 7.74. The van der Waals surface area contributed by atoms with Crippen molar-refractivity contribution in [3.8, 4) is 0 Å². The first-order valence-corrected chi connectivity index (χ1v) is 11.2. The topological polar surface area (TPSA) is 104 Å². The van der Waals surface area contributed by atoms with E-state index in [0.29, 0.717) is 36.2 Å². The van der Waals surface area contributed by atoms with Crippen LogP contribution in [0.15, 0.2) is 24.4 Å². The van der Waals surface area contributed by atoms with Crippen molar-refractivity contribution < 1.29 is 19.3 Å². The number of aromatic amines is 1. The molecule has 4 N–H and O–H groups in total. The number of anilines is 3. The van der Waals surface area contributed by atoms with E-state index in [1.807, 2.05) is 12.1 Å². The van der Waals surface area contributed by atoms with Crippen LogP contribution < -0.4 is 20.9 Å². The number of ether oxygens (including phenoxy) is 2. The molecule has 3 aromatic rings. The van der Waals surface area contributed by atoms with E-state index in [0.717, 1.165) is 46.7 Å². The summed E-state index contributed by atoms with van der Waals surface area (Å²) in [4.78, 5) is 24.4. The van der Waals surface area contributed by atoms with Crippen LogP contribution in [0.3, 0.4) is 0 Å². The van der Waals surface area contributed by atoms with Crippen molar-refractivity contribution in [2.75, 3.05) is 42.3 Å². The molecule has 1 fully saturated rings. The zero-order valence-electron chi connectivity index (χ0n) is 17.7. The fourth-order valence-corrected chi connectivity index (χ4v) is 5.28. The predicted molar refractivity (Wildman–Crippen MR) is 121 cm³/mol. The molecule has 1 amide bonds.